The van der Waals surface area contributed by atoms with E-state index in [4.69, 9.17) is 0 Å². The largest absolute Gasteiger partial charge is 0.469 e. The number of carbonyl (C=O) groups is 2. The minimum absolute atomic E-state index is 0.146. The molecule has 1 aromatic rings. The lowest BCUT2D eigenvalue weighted by atomic mass is 10.2. The molecule has 0 atom stereocenters. The number of likely N-dealkylation sites (N-methyl/N-ethyl adjacent to an activating group) is 1. The van der Waals surface area contributed by atoms with Gasteiger partial charge in [-0.3, -0.25) is 9.59 Å². The second-order valence-corrected chi connectivity index (χ2v) is 4.89. The van der Waals surface area contributed by atoms with Crippen molar-refractivity contribution in [2.24, 2.45) is 0 Å². The van der Waals surface area contributed by atoms with E-state index in [9.17, 15) is 9.59 Å². The molecule has 5 heteroatoms. The molecule has 0 aromatic heterocycles. The van der Waals surface area contributed by atoms with E-state index in [-0.39, 0.29) is 18.3 Å². The molecule has 0 N–H and O–H groups in total. The number of ether oxygens (including phenoxy) is 1. The Morgan fingerprint density at radius 3 is 2.53 bits per heavy atom. The lowest BCUT2D eigenvalue weighted by Crippen LogP contribution is -2.27. The number of rotatable bonds is 5. The molecule has 4 nitrogen and oxygen atoms in total. The van der Waals surface area contributed by atoms with Gasteiger partial charge in [-0.2, -0.15) is 0 Å². The zero-order valence-corrected chi connectivity index (χ0v) is 12.5. The average Bonchev–Trinajstić information content (AvgIpc) is 2.43. The van der Waals surface area contributed by atoms with E-state index in [1.165, 1.54) is 18.1 Å². The Kier molecular flexibility index (Phi) is 6.29. The Morgan fingerprint density at radius 2 is 1.95 bits per heavy atom. The van der Waals surface area contributed by atoms with Gasteiger partial charge in [0.25, 0.3) is 0 Å². The molecule has 0 aliphatic carbocycles. The van der Waals surface area contributed by atoms with Crippen molar-refractivity contribution in [1.82, 2.24) is 4.90 Å². The third kappa shape index (κ3) is 5.70. The van der Waals surface area contributed by atoms with Crippen LogP contribution in [-0.2, 0) is 14.3 Å². The van der Waals surface area contributed by atoms with Crippen LogP contribution in [0.5, 0.6) is 0 Å². The van der Waals surface area contributed by atoms with E-state index in [0.29, 0.717) is 6.54 Å². The number of carbonyl (C=O) groups excluding carboxylic acids is 2. The zero-order chi connectivity index (χ0) is 14.3. The molecule has 1 rings (SSSR count). The molecular weight excluding hydrogens is 310 g/mol. The maximum atomic E-state index is 11.8. The van der Waals surface area contributed by atoms with Crippen LogP contribution in [0, 0.1) is 0 Å². The van der Waals surface area contributed by atoms with Gasteiger partial charge < -0.3 is 9.64 Å². The fraction of sp³-hybridized carbons (Fsp3) is 0.286. The third-order valence-electron chi connectivity index (χ3n) is 2.54. The van der Waals surface area contributed by atoms with Gasteiger partial charge in [0.2, 0.25) is 5.91 Å². The first-order chi connectivity index (χ1) is 9.02. The van der Waals surface area contributed by atoms with Crippen LogP contribution >= 0.6 is 15.9 Å². The van der Waals surface area contributed by atoms with Gasteiger partial charge in [-0.25, -0.2) is 0 Å². The maximum Gasteiger partial charge on any atom is 0.307 e. The fourth-order valence-electron chi connectivity index (χ4n) is 1.34. The van der Waals surface area contributed by atoms with Gasteiger partial charge >= 0.3 is 5.97 Å². The summed E-state index contributed by atoms with van der Waals surface area (Å²) in [6, 6.07) is 7.63. The summed E-state index contributed by atoms with van der Waals surface area (Å²) in [7, 11) is 2.98. The molecule has 0 radical (unpaired) electrons. The van der Waals surface area contributed by atoms with E-state index in [2.05, 4.69) is 20.7 Å². The van der Waals surface area contributed by atoms with Crippen LogP contribution in [0.3, 0.4) is 0 Å². The fourth-order valence-corrected chi connectivity index (χ4v) is 1.60. The van der Waals surface area contributed by atoms with Crippen molar-refractivity contribution in [1.29, 1.82) is 0 Å². The zero-order valence-electron chi connectivity index (χ0n) is 10.9. The number of halogens is 1. The molecular formula is C14H16BrNO3. The van der Waals surface area contributed by atoms with Crippen LogP contribution in [0.4, 0.5) is 0 Å². The molecule has 0 unspecified atom stereocenters. The van der Waals surface area contributed by atoms with Gasteiger partial charge in [0.05, 0.1) is 13.5 Å². The molecule has 0 aliphatic rings. The number of hydrogen-bond acceptors (Lipinski definition) is 3. The molecule has 19 heavy (non-hydrogen) atoms. The highest BCUT2D eigenvalue weighted by atomic mass is 79.9. The SMILES string of the molecule is COC(=O)CCN(C)C(=O)/C=C/c1ccc(Br)cc1. The van der Waals surface area contributed by atoms with Crippen molar-refractivity contribution < 1.29 is 14.3 Å². The molecule has 0 bridgehead atoms. The summed E-state index contributed by atoms with van der Waals surface area (Å²) in [5.74, 6) is -0.469. The highest BCUT2D eigenvalue weighted by Crippen LogP contribution is 2.11. The van der Waals surface area contributed by atoms with Crippen molar-refractivity contribution in [3.63, 3.8) is 0 Å². The highest BCUT2D eigenvalue weighted by Gasteiger charge is 2.07. The molecule has 0 spiro atoms. The normalized spacial score (nSPS) is 10.5. The summed E-state index contributed by atoms with van der Waals surface area (Å²) in [5, 5.41) is 0. The molecule has 0 aliphatic heterocycles. The second-order valence-electron chi connectivity index (χ2n) is 3.97. The van der Waals surface area contributed by atoms with Gasteiger partial charge in [0, 0.05) is 24.1 Å². The van der Waals surface area contributed by atoms with Crippen LogP contribution in [0.15, 0.2) is 34.8 Å². The molecule has 1 amide bonds. The third-order valence-corrected chi connectivity index (χ3v) is 3.07. The Hall–Kier alpha value is -1.62. The van der Waals surface area contributed by atoms with Crippen LogP contribution in [-0.4, -0.2) is 37.5 Å². The lowest BCUT2D eigenvalue weighted by Gasteiger charge is -2.13. The lowest BCUT2D eigenvalue weighted by molar-refractivity contribution is -0.141. The number of nitrogens with zero attached hydrogens (tertiary/aromatic N) is 1. The monoisotopic (exact) mass is 325 g/mol. The summed E-state index contributed by atoms with van der Waals surface area (Å²) >= 11 is 3.35. The Labute approximate surface area is 121 Å². The van der Waals surface area contributed by atoms with E-state index < -0.39 is 0 Å². The summed E-state index contributed by atoms with van der Waals surface area (Å²) in [6.07, 6.45) is 3.43. The summed E-state index contributed by atoms with van der Waals surface area (Å²) in [5.41, 5.74) is 0.943. The van der Waals surface area contributed by atoms with Crippen molar-refractivity contribution in [2.45, 2.75) is 6.42 Å². The Morgan fingerprint density at radius 1 is 1.32 bits per heavy atom. The standard InChI is InChI=1S/C14H16BrNO3/c1-16(10-9-14(18)19-2)13(17)8-5-11-3-6-12(15)7-4-11/h3-8H,9-10H2,1-2H3/b8-5+. The van der Waals surface area contributed by atoms with Crippen LogP contribution in [0.2, 0.25) is 0 Å². The first-order valence-electron chi connectivity index (χ1n) is 5.78. The molecule has 1 aromatic carbocycles. The van der Waals surface area contributed by atoms with Crippen LogP contribution in [0.25, 0.3) is 6.08 Å². The van der Waals surface area contributed by atoms with Crippen LogP contribution < -0.4 is 0 Å². The van der Waals surface area contributed by atoms with E-state index in [0.717, 1.165) is 10.0 Å². The molecule has 102 valence electrons. The number of benzene rings is 1. The van der Waals surface area contributed by atoms with Gasteiger partial charge in [0.15, 0.2) is 0 Å². The number of hydrogen-bond donors (Lipinski definition) is 0. The highest BCUT2D eigenvalue weighted by molar-refractivity contribution is 9.10. The number of esters is 1. The minimum atomic E-state index is -0.323. The van der Waals surface area contributed by atoms with Crippen molar-refractivity contribution in [3.8, 4) is 0 Å². The summed E-state index contributed by atoms with van der Waals surface area (Å²) in [6.45, 7) is 0.343. The van der Waals surface area contributed by atoms with Gasteiger partial charge in [-0.05, 0) is 23.8 Å². The topological polar surface area (TPSA) is 46.6 Å². The van der Waals surface area contributed by atoms with Gasteiger partial charge in [-0.1, -0.05) is 28.1 Å². The van der Waals surface area contributed by atoms with Gasteiger partial charge in [0.1, 0.15) is 0 Å². The average molecular weight is 326 g/mol. The Balaban J connectivity index is 2.49. The first kappa shape index (κ1) is 15.4. The molecule has 0 saturated carbocycles. The van der Waals surface area contributed by atoms with E-state index in [1.54, 1.807) is 13.1 Å². The molecule has 0 fully saturated rings. The predicted octanol–water partition coefficient (Wildman–Crippen LogP) is 2.48. The van der Waals surface area contributed by atoms with Crippen molar-refractivity contribution in [3.05, 3.63) is 40.4 Å². The van der Waals surface area contributed by atoms with Crippen molar-refractivity contribution in [2.75, 3.05) is 20.7 Å². The van der Waals surface area contributed by atoms with Crippen LogP contribution in [0.1, 0.15) is 12.0 Å². The summed E-state index contributed by atoms with van der Waals surface area (Å²) in [4.78, 5) is 24.2. The molecule has 0 heterocycles. The Bertz CT molecular complexity index is 468. The first-order valence-corrected chi connectivity index (χ1v) is 6.58. The second kappa shape index (κ2) is 7.74. The number of amides is 1. The maximum absolute atomic E-state index is 11.8. The van der Waals surface area contributed by atoms with Crippen molar-refractivity contribution >= 4 is 33.9 Å². The smallest absolute Gasteiger partial charge is 0.307 e. The van der Waals surface area contributed by atoms with E-state index >= 15 is 0 Å². The quantitative estimate of drug-likeness (QED) is 0.617. The van der Waals surface area contributed by atoms with E-state index in [1.807, 2.05) is 24.3 Å². The molecule has 0 saturated heterocycles. The predicted molar refractivity (Wildman–Crippen MR) is 77.4 cm³/mol. The van der Waals surface area contributed by atoms with Gasteiger partial charge in [-0.15, -0.1) is 0 Å². The number of methoxy groups -OCH3 is 1. The minimum Gasteiger partial charge on any atom is -0.469 e. The summed E-state index contributed by atoms with van der Waals surface area (Å²) < 4.78 is 5.51.